The molecule has 0 aliphatic carbocycles. The third-order valence-electron chi connectivity index (χ3n) is 2.71. The van der Waals surface area contributed by atoms with Crippen molar-refractivity contribution in [3.05, 3.63) is 52.6 Å². The number of hydrogen-bond donors (Lipinski definition) is 1. The standard InChI is InChI=1S/C13H8N2O3S/c16-11-6-5-8(7-10(11)15(17)18)13-14-9-3-1-2-4-12(9)19-13/h1-7,16H. The second kappa shape index (κ2) is 4.33. The van der Waals surface area contributed by atoms with Gasteiger partial charge in [0.25, 0.3) is 0 Å². The number of aromatic nitrogens is 1. The number of phenolic OH excluding ortho intramolecular Hbond substituents is 1. The highest BCUT2D eigenvalue weighted by atomic mass is 32.1. The van der Waals surface area contributed by atoms with Gasteiger partial charge in [-0.3, -0.25) is 10.1 Å². The Bertz CT molecular complexity index is 749. The van der Waals surface area contributed by atoms with E-state index in [0.29, 0.717) is 10.6 Å². The number of nitrogens with zero attached hydrogens (tertiary/aromatic N) is 2. The van der Waals surface area contributed by atoms with Crippen molar-refractivity contribution in [2.45, 2.75) is 0 Å². The van der Waals surface area contributed by atoms with Crippen LogP contribution in [0.2, 0.25) is 0 Å². The average molecular weight is 272 g/mol. The van der Waals surface area contributed by atoms with Gasteiger partial charge in [-0.1, -0.05) is 12.1 Å². The van der Waals surface area contributed by atoms with Crippen LogP contribution in [0.25, 0.3) is 20.8 Å². The maximum Gasteiger partial charge on any atom is 0.311 e. The molecule has 0 fully saturated rings. The number of fused-ring (bicyclic) bond motifs is 1. The van der Waals surface area contributed by atoms with E-state index in [4.69, 9.17) is 0 Å². The lowest BCUT2D eigenvalue weighted by molar-refractivity contribution is -0.385. The Morgan fingerprint density at radius 3 is 2.74 bits per heavy atom. The summed E-state index contributed by atoms with van der Waals surface area (Å²) in [5.74, 6) is -0.338. The lowest BCUT2D eigenvalue weighted by Crippen LogP contribution is -1.89. The van der Waals surface area contributed by atoms with Gasteiger partial charge in [-0.25, -0.2) is 4.98 Å². The molecule has 6 heteroatoms. The molecule has 1 N–H and O–H groups in total. The minimum atomic E-state index is -0.605. The Morgan fingerprint density at radius 1 is 1.21 bits per heavy atom. The molecular weight excluding hydrogens is 264 g/mol. The van der Waals surface area contributed by atoms with Crippen LogP contribution in [0.1, 0.15) is 0 Å². The summed E-state index contributed by atoms with van der Waals surface area (Å²) in [4.78, 5) is 14.6. The van der Waals surface area contributed by atoms with Gasteiger partial charge < -0.3 is 5.11 Å². The van der Waals surface area contributed by atoms with E-state index in [9.17, 15) is 15.2 Å². The van der Waals surface area contributed by atoms with E-state index in [0.717, 1.165) is 10.2 Å². The van der Waals surface area contributed by atoms with Gasteiger partial charge in [0.1, 0.15) is 5.01 Å². The molecule has 19 heavy (non-hydrogen) atoms. The third kappa shape index (κ3) is 2.02. The maximum atomic E-state index is 10.8. The minimum Gasteiger partial charge on any atom is -0.502 e. The third-order valence-corrected chi connectivity index (χ3v) is 3.80. The first-order valence-electron chi connectivity index (χ1n) is 5.48. The predicted octanol–water partition coefficient (Wildman–Crippen LogP) is 3.58. The molecular formula is C13H8N2O3S. The largest absolute Gasteiger partial charge is 0.502 e. The molecule has 0 bridgehead atoms. The van der Waals surface area contributed by atoms with Gasteiger partial charge in [0.15, 0.2) is 5.75 Å². The van der Waals surface area contributed by atoms with E-state index >= 15 is 0 Å². The number of benzene rings is 2. The summed E-state index contributed by atoms with van der Waals surface area (Å²) in [5, 5.41) is 20.9. The zero-order valence-corrected chi connectivity index (χ0v) is 10.4. The van der Waals surface area contributed by atoms with Crippen molar-refractivity contribution in [1.29, 1.82) is 0 Å². The monoisotopic (exact) mass is 272 g/mol. The van der Waals surface area contributed by atoms with Crippen LogP contribution in [0.5, 0.6) is 5.75 Å². The molecule has 0 atom stereocenters. The molecule has 0 radical (unpaired) electrons. The van der Waals surface area contributed by atoms with Crippen molar-refractivity contribution >= 4 is 27.2 Å². The molecule has 0 saturated heterocycles. The first-order valence-corrected chi connectivity index (χ1v) is 6.30. The molecule has 2 aromatic carbocycles. The molecule has 0 amide bonds. The Morgan fingerprint density at radius 2 is 2.00 bits per heavy atom. The molecule has 3 aromatic rings. The molecule has 0 spiro atoms. The van der Waals surface area contributed by atoms with E-state index in [-0.39, 0.29) is 11.4 Å². The summed E-state index contributed by atoms with van der Waals surface area (Å²) >= 11 is 1.46. The number of rotatable bonds is 2. The van der Waals surface area contributed by atoms with Crippen LogP contribution in [-0.2, 0) is 0 Å². The molecule has 0 saturated carbocycles. The first-order chi connectivity index (χ1) is 9.15. The van der Waals surface area contributed by atoms with Gasteiger partial charge in [0, 0.05) is 11.6 Å². The summed E-state index contributed by atoms with van der Waals surface area (Å²) in [6, 6.07) is 11.9. The molecule has 0 aliphatic heterocycles. The number of nitro benzene ring substituents is 1. The van der Waals surface area contributed by atoms with E-state index in [1.54, 1.807) is 6.07 Å². The smallest absolute Gasteiger partial charge is 0.311 e. The van der Waals surface area contributed by atoms with Gasteiger partial charge >= 0.3 is 5.69 Å². The number of aromatic hydroxyl groups is 1. The number of para-hydroxylation sites is 1. The van der Waals surface area contributed by atoms with Crippen molar-refractivity contribution in [3.63, 3.8) is 0 Å². The lowest BCUT2D eigenvalue weighted by Gasteiger charge is -1.98. The van der Waals surface area contributed by atoms with Gasteiger partial charge in [-0.15, -0.1) is 11.3 Å². The van der Waals surface area contributed by atoms with E-state index in [2.05, 4.69) is 4.98 Å². The topological polar surface area (TPSA) is 76.3 Å². The van der Waals surface area contributed by atoms with Crippen molar-refractivity contribution in [2.24, 2.45) is 0 Å². The SMILES string of the molecule is O=[N+]([O-])c1cc(-c2nc3ccccc3s2)ccc1O. The van der Waals surface area contributed by atoms with Crippen molar-refractivity contribution in [3.8, 4) is 16.3 Å². The fourth-order valence-electron chi connectivity index (χ4n) is 1.80. The molecule has 0 aliphatic rings. The van der Waals surface area contributed by atoms with E-state index < -0.39 is 4.92 Å². The molecule has 1 heterocycles. The Hall–Kier alpha value is -2.47. The predicted molar refractivity (Wildman–Crippen MR) is 73.4 cm³/mol. The second-order valence-electron chi connectivity index (χ2n) is 3.95. The number of hydrogen-bond acceptors (Lipinski definition) is 5. The molecule has 5 nitrogen and oxygen atoms in total. The fourth-order valence-corrected chi connectivity index (χ4v) is 2.76. The summed E-state index contributed by atoms with van der Waals surface area (Å²) in [7, 11) is 0. The van der Waals surface area contributed by atoms with Crippen molar-refractivity contribution in [1.82, 2.24) is 4.98 Å². The van der Waals surface area contributed by atoms with Crippen LogP contribution in [0.4, 0.5) is 5.69 Å². The molecule has 0 unspecified atom stereocenters. The van der Waals surface area contributed by atoms with Crippen LogP contribution in [0.15, 0.2) is 42.5 Å². The summed E-state index contributed by atoms with van der Waals surface area (Å²) in [5.41, 5.74) is 1.18. The Kier molecular flexibility index (Phi) is 2.64. The Labute approximate surface area is 111 Å². The maximum absolute atomic E-state index is 10.8. The molecule has 94 valence electrons. The van der Waals surface area contributed by atoms with E-state index in [1.807, 2.05) is 24.3 Å². The fraction of sp³-hybridized carbons (Fsp3) is 0. The molecule has 1 aromatic heterocycles. The zero-order chi connectivity index (χ0) is 13.4. The first kappa shape index (κ1) is 11.6. The van der Waals surface area contributed by atoms with Crippen molar-refractivity contribution < 1.29 is 10.0 Å². The highest BCUT2D eigenvalue weighted by Crippen LogP contribution is 2.35. The number of nitro groups is 1. The lowest BCUT2D eigenvalue weighted by atomic mass is 10.2. The second-order valence-corrected chi connectivity index (χ2v) is 4.98. The van der Waals surface area contributed by atoms with E-state index in [1.165, 1.54) is 23.5 Å². The normalized spacial score (nSPS) is 10.7. The van der Waals surface area contributed by atoms with Crippen molar-refractivity contribution in [2.75, 3.05) is 0 Å². The van der Waals surface area contributed by atoms with Crippen LogP contribution < -0.4 is 0 Å². The molecule has 3 rings (SSSR count). The number of thiazole rings is 1. The van der Waals surface area contributed by atoms with Gasteiger partial charge in [-0.2, -0.15) is 0 Å². The van der Waals surface area contributed by atoms with Crippen LogP contribution in [0.3, 0.4) is 0 Å². The van der Waals surface area contributed by atoms with Crippen LogP contribution in [0, 0.1) is 10.1 Å². The van der Waals surface area contributed by atoms with Crippen LogP contribution in [-0.4, -0.2) is 15.0 Å². The van der Waals surface area contributed by atoms with Gasteiger partial charge in [-0.05, 0) is 24.3 Å². The van der Waals surface area contributed by atoms with Crippen LogP contribution >= 0.6 is 11.3 Å². The van der Waals surface area contributed by atoms with Gasteiger partial charge in [0.2, 0.25) is 0 Å². The zero-order valence-electron chi connectivity index (χ0n) is 9.61. The Balaban J connectivity index is 2.16. The minimum absolute atomic E-state index is 0.309. The average Bonchev–Trinajstić information content (AvgIpc) is 2.82. The highest BCUT2D eigenvalue weighted by Gasteiger charge is 2.16. The highest BCUT2D eigenvalue weighted by molar-refractivity contribution is 7.21. The summed E-state index contributed by atoms with van der Waals surface area (Å²) < 4.78 is 1.02. The summed E-state index contributed by atoms with van der Waals surface area (Å²) in [6.45, 7) is 0. The quantitative estimate of drug-likeness (QED) is 0.571. The summed E-state index contributed by atoms with van der Waals surface area (Å²) in [6.07, 6.45) is 0. The number of phenols is 1. The van der Waals surface area contributed by atoms with Gasteiger partial charge in [0.05, 0.1) is 15.1 Å².